The monoisotopic (exact) mass is 327 g/mol. The van der Waals surface area contributed by atoms with E-state index in [-0.39, 0.29) is 0 Å². The molecule has 0 amide bonds. The summed E-state index contributed by atoms with van der Waals surface area (Å²) in [5, 5.41) is 0.731. The first-order valence-electron chi connectivity index (χ1n) is 5.11. The predicted molar refractivity (Wildman–Crippen MR) is 77.6 cm³/mol. The van der Waals surface area contributed by atoms with Crippen LogP contribution in [0.2, 0.25) is 5.02 Å². The highest BCUT2D eigenvalue weighted by Crippen LogP contribution is 2.31. The Labute approximate surface area is 118 Å². The normalized spacial score (nSPS) is 10.5. The van der Waals surface area contributed by atoms with E-state index in [0.29, 0.717) is 6.54 Å². The number of hydrogen-bond acceptors (Lipinski definition) is 2. The number of halogens is 2. The van der Waals surface area contributed by atoms with E-state index in [1.165, 1.54) is 4.90 Å². The molecule has 2 aromatic carbocycles. The Morgan fingerprint density at radius 3 is 2.29 bits per heavy atom. The third-order valence-electron chi connectivity index (χ3n) is 2.29. The summed E-state index contributed by atoms with van der Waals surface area (Å²) in [7, 11) is 0. The molecule has 88 valence electrons. The van der Waals surface area contributed by atoms with E-state index in [1.54, 1.807) is 11.8 Å². The van der Waals surface area contributed by atoms with Gasteiger partial charge in [0.15, 0.2) is 0 Å². The Kier molecular flexibility index (Phi) is 4.51. The van der Waals surface area contributed by atoms with Gasteiger partial charge in [0.25, 0.3) is 0 Å². The molecule has 2 aromatic rings. The van der Waals surface area contributed by atoms with Crippen molar-refractivity contribution in [2.75, 3.05) is 0 Å². The molecule has 2 rings (SSSR count). The maximum absolute atomic E-state index is 6.12. The largest absolute Gasteiger partial charge is 0.326 e. The fourth-order valence-corrected chi connectivity index (χ4v) is 2.84. The lowest BCUT2D eigenvalue weighted by Crippen LogP contribution is -1.96. The minimum absolute atomic E-state index is 0.474. The SMILES string of the molecule is NCc1ccc(Sc2ccc(Br)cc2)cc1Cl. The van der Waals surface area contributed by atoms with Crippen LogP contribution in [0.1, 0.15) is 5.56 Å². The van der Waals surface area contributed by atoms with Gasteiger partial charge in [-0.2, -0.15) is 0 Å². The zero-order valence-corrected chi connectivity index (χ0v) is 12.1. The highest BCUT2D eigenvalue weighted by atomic mass is 79.9. The zero-order chi connectivity index (χ0) is 12.3. The van der Waals surface area contributed by atoms with Gasteiger partial charge in [0, 0.05) is 25.8 Å². The minimum atomic E-state index is 0.474. The van der Waals surface area contributed by atoms with E-state index < -0.39 is 0 Å². The summed E-state index contributed by atoms with van der Waals surface area (Å²) in [5.74, 6) is 0. The average Bonchev–Trinajstić information content (AvgIpc) is 2.32. The molecule has 0 saturated heterocycles. The Morgan fingerprint density at radius 2 is 1.71 bits per heavy atom. The van der Waals surface area contributed by atoms with Crippen molar-refractivity contribution < 1.29 is 0 Å². The predicted octanol–water partition coefficient (Wildman–Crippen LogP) is 4.71. The molecule has 0 aliphatic heterocycles. The summed E-state index contributed by atoms with van der Waals surface area (Å²) in [6, 6.07) is 14.2. The van der Waals surface area contributed by atoms with Gasteiger partial charge in [-0.15, -0.1) is 0 Å². The van der Waals surface area contributed by atoms with Crippen molar-refractivity contribution in [3.8, 4) is 0 Å². The Hall–Kier alpha value is -0.480. The van der Waals surface area contributed by atoms with E-state index in [9.17, 15) is 0 Å². The van der Waals surface area contributed by atoms with E-state index in [0.717, 1.165) is 20.0 Å². The van der Waals surface area contributed by atoms with Crippen molar-refractivity contribution in [3.05, 3.63) is 57.5 Å². The summed E-state index contributed by atoms with van der Waals surface area (Å²) >= 11 is 11.2. The lowest BCUT2D eigenvalue weighted by molar-refractivity contribution is 1.07. The zero-order valence-electron chi connectivity index (χ0n) is 8.99. The number of nitrogens with two attached hydrogens (primary N) is 1. The number of hydrogen-bond donors (Lipinski definition) is 1. The van der Waals surface area contributed by atoms with Crippen LogP contribution in [0.25, 0.3) is 0 Å². The van der Waals surface area contributed by atoms with E-state index in [1.807, 2.05) is 30.3 Å². The van der Waals surface area contributed by atoms with Crippen molar-refractivity contribution in [3.63, 3.8) is 0 Å². The van der Waals surface area contributed by atoms with Crippen LogP contribution in [-0.2, 0) is 6.54 Å². The van der Waals surface area contributed by atoms with Crippen LogP contribution in [0.3, 0.4) is 0 Å². The second-order valence-corrected chi connectivity index (χ2v) is 5.98. The van der Waals surface area contributed by atoms with Crippen LogP contribution in [0, 0.1) is 0 Å². The minimum Gasteiger partial charge on any atom is -0.326 e. The molecule has 17 heavy (non-hydrogen) atoms. The van der Waals surface area contributed by atoms with Crippen LogP contribution in [0.5, 0.6) is 0 Å². The number of rotatable bonds is 3. The fourth-order valence-electron chi connectivity index (χ4n) is 1.40. The Bertz CT molecular complexity index is 513. The van der Waals surface area contributed by atoms with Gasteiger partial charge in [0.1, 0.15) is 0 Å². The summed E-state index contributed by atoms with van der Waals surface area (Å²) in [6.45, 7) is 0.474. The second-order valence-electron chi connectivity index (χ2n) is 3.51. The molecule has 1 nitrogen and oxygen atoms in total. The molecular weight excluding hydrogens is 318 g/mol. The molecule has 0 saturated carbocycles. The van der Waals surface area contributed by atoms with Gasteiger partial charge in [-0.1, -0.05) is 45.4 Å². The highest BCUT2D eigenvalue weighted by Gasteiger charge is 2.02. The van der Waals surface area contributed by atoms with Crippen LogP contribution in [-0.4, -0.2) is 0 Å². The second kappa shape index (κ2) is 5.91. The summed E-state index contributed by atoms with van der Waals surface area (Å²) in [4.78, 5) is 2.30. The first kappa shape index (κ1) is 13.0. The smallest absolute Gasteiger partial charge is 0.0462 e. The van der Waals surface area contributed by atoms with Gasteiger partial charge in [-0.3, -0.25) is 0 Å². The molecule has 0 heterocycles. The third-order valence-corrected chi connectivity index (χ3v) is 4.17. The van der Waals surface area contributed by atoms with E-state index in [2.05, 4.69) is 28.1 Å². The molecule has 0 fully saturated rings. The standard InChI is InChI=1S/C13H11BrClNS/c14-10-2-5-11(6-3-10)17-12-4-1-9(8-16)13(15)7-12/h1-7H,8,16H2. The Morgan fingerprint density at radius 1 is 1.06 bits per heavy atom. The quantitative estimate of drug-likeness (QED) is 0.883. The lowest BCUT2D eigenvalue weighted by Gasteiger charge is -2.05. The average molecular weight is 329 g/mol. The van der Waals surface area contributed by atoms with Crippen molar-refractivity contribution in [2.24, 2.45) is 5.73 Å². The molecule has 0 aliphatic rings. The molecular formula is C13H11BrClNS. The van der Waals surface area contributed by atoms with Crippen LogP contribution in [0.15, 0.2) is 56.7 Å². The van der Waals surface area contributed by atoms with Gasteiger partial charge in [-0.25, -0.2) is 0 Å². The Balaban J connectivity index is 2.19. The molecule has 0 spiro atoms. The van der Waals surface area contributed by atoms with E-state index >= 15 is 0 Å². The molecule has 0 aromatic heterocycles. The molecule has 0 radical (unpaired) electrons. The summed E-state index contributed by atoms with van der Waals surface area (Å²) < 4.78 is 1.08. The van der Waals surface area contributed by atoms with Crippen molar-refractivity contribution in [1.82, 2.24) is 0 Å². The van der Waals surface area contributed by atoms with Crippen molar-refractivity contribution >= 4 is 39.3 Å². The first-order valence-corrected chi connectivity index (χ1v) is 7.09. The molecule has 2 N–H and O–H groups in total. The molecule has 0 bridgehead atoms. The highest BCUT2D eigenvalue weighted by molar-refractivity contribution is 9.10. The first-order chi connectivity index (χ1) is 8.19. The van der Waals surface area contributed by atoms with Crippen LogP contribution < -0.4 is 5.73 Å². The molecule has 0 unspecified atom stereocenters. The molecule has 0 atom stereocenters. The maximum Gasteiger partial charge on any atom is 0.0462 e. The van der Waals surface area contributed by atoms with Crippen LogP contribution in [0.4, 0.5) is 0 Å². The van der Waals surface area contributed by atoms with Gasteiger partial charge in [0.05, 0.1) is 0 Å². The van der Waals surface area contributed by atoms with Crippen LogP contribution >= 0.6 is 39.3 Å². The molecule has 0 aliphatic carbocycles. The lowest BCUT2D eigenvalue weighted by atomic mass is 10.2. The fraction of sp³-hybridized carbons (Fsp3) is 0.0769. The van der Waals surface area contributed by atoms with Gasteiger partial charge < -0.3 is 5.73 Å². The number of benzene rings is 2. The van der Waals surface area contributed by atoms with Gasteiger partial charge >= 0.3 is 0 Å². The summed E-state index contributed by atoms with van der Waals surface area (Å²) in [5.41, 5.74) is 6.55. The van der Waals surface area contributed by atoms with E-state index in [4.69, 9.17) is 17.3 Å². The van der Waals surface area contributed by atoms with Gasteiger partial charge in [0.2, 0.25) is 0 Å². The third kappa shape index (κ3) is 3.49. The molecule has 4 heteroatoms. The maximum atomic E-state index is 6.12. The van der Waals surface area contributed by atoms with Crippen molar-refractivity contribution in [1.29, 1.82) is 0 Å². The summed E-state index contributed by atoms with van der Waals surface area (Å²) in [6.07, 6.45) is 0. The van der Waals surface area contributed by atoms with Crippen molar-refractivity contribution in [2.45, 2.75) is 16.3 Å². The van der Waals surface area contributed by atoms with Gasteiger partial charge in [-0.05, 0) is 42.0 Å². The topological polar surface area (TPSA) is 26.0 Å².